The number of carbonyl (C=O) groups excluding carboxylic acids is 1. The molecule has 1 amide bonds. The van der Waals surface area contributed by atoms with Crippen molar-refractivity contribution in [3.8, 4) is 0 Å². The second-order valence-electron chi connectivity index (χ2n) is 4.77. The summed E-state index contributed by atoms with van der Waals surface area (Å²) in [5.74, 6) is 0.0199. The second-order valence-corrected chi connectivity index (χ2v) is 4.77. The van der Waals surface area contributed by atoms with E-state index in [2.05, 4.69) is 30.1 Å². The van der Waals surface area contributed by atoms with Gasteiger partial charge in [0.1, 0.15) is 17.4 Å². The highest BCUT2D eigenvalue weighted by Crippen LogP contribution is 2.06. The molecule has 1 aliphatic heterocycles. The average molecular weight is 253 g/mol. The number of likely N-dealkylation sites (N-methyl/N-ethyl adjacent to an activating group) is 2. The first kappa shape index (κ1) is 13.0. The molecule has 0 bridgehead atoms. The Kier molecular flexibility index (Phi) is 3.93. The van der Waals surface area contributed by atoms with Crippen molar-refractivity contribution in [3.63, 3.8) is 0 Å². The molecule has 7 nitrogen and oxygen atoms in total. The van der Waals surface area contributed by atoms with E-state index in [1.165, 1.54) is 0 Å². The molecule has 1 N–H and O–H groups in total. The number of hydrogen-bond donors (Lipinski definition) is 1. The number of hydrogen-bond acceptors (Lipinski definition) is 6. The van der Waals surface area contributed by atoms with E-state index in [1.807, 2.05) is 14.1 Å². The minimum atomic E-state index is -0.107. The number of nitrogens with one attached hydrogen (secondary N) is 1. The van der Waals surface area contributed by atoms with Crippen molar-refractivity contribution >= 4 is 5.91 Å². The molecule has 18 heavy (non-hydrogen) atoms. The zero-order valence-electron chi connectivity index (χ0n) is 11.0. The number of amides is 1. The maximum Gasteiger partial charge on any atom is 0.239 e. The number of aromatic nitrogens is 2. The summed E-state index contributed by atoms with van der Waals surface area (Å²) in [5, 5.41) is 10.3. The lowest BCUT2D eigenvalue weighted by molar-refractivity contribution is -0.128. The Morgan fingerprint density at radius 3 is 2.89 bits per heavy atom. The van der Waals surface area contributed by atoms with Crippen molar-refractivity contribution in [2.45, 2.75) is 19.5 Å². The summed E-state index contributed by atoms with van der Waals surface area (Å²) in [5.41, 5.74) is 1.39. The standard InChI is InChI=1S/C11H19N5O2/c1-8-9(14-18-13-8)6-12-11(17)10-7-15(2)4-5-16(10)3/h10H,4-7H2,1-3H3,(H,12,17). The van der Waals surface area contributed by atoms with Gasteiger partial charge in [-0.3, -0.25) is 9.69 Å². The maximum absolute atomic E-state index is 12.1. The van der Waals surface area contributed by atoms with E-state index in [1.54, 1.807) is 6.92 Å². The van der Waals surface area contributed by atoms with Gasteiger partial charge in [-0.2, -0.15) is 0 Å². The molecule has 2 heterocycles. The Balaban J connectivity index is 1.89. The molecule has 1 atom stereocenters. The van der Waals surface area contributed by atoms with Crippen LogP contribution in [-0.4, -0.2) is 65.8 Å². The molecule has 1 fully saturated rings. The van der Waals surface area contributed by atoms with Crippen molar-refractivity contribution in [2.75, 3.05) is 33.7 Å². The Morgan fingerprint density at radius 1 is 1.44 bits per heavy atom. The van der Waals surface area contributed by atoms with Crippen LogP contribution in [-0.2, 0) is 11.3 Å². The summed E-state index contributed by atoms with van der Waals surface area (Å²) in [7, 11) is 4.00. The van der Waals surface area contributed by atoms with Crippen LogP contribution in [0.3, 0.4) is 0 Å². The van der Waals surface area contributed by atoms with Crippen LogP contribution in [0.1, 0.15) is 11.4 Å². The summed E-state index contributed by atoms with van der Waals surface area (Å²) in [6, 6.07) is -0.107. The predicted octanol–water partition coefficient (Wildman–Crippen LogP) is -0.760. The first-order valence-electron chi connectivity index (χ1n) is 6.02. The Morgan fingerprint density at radius 2 is 2.22 bits per heavy atom. The van der Waals surface area contributed by atoms with Gasteiger partial charge >= 0.3 is 0 Å². The number of carbonyl (C=O) groups is 1. The molecule has 1 aliphatic rings. The third-order valence-electron chi connectivity index (χ3n) is 3.33. The predicted molar refractivity (Wildman–Crippen MR) is 64.8 cm³/mol. The van der Waals surface area contributed by atoms with Gasteiger partial charge in [0.25, 0.3) is 0 Å². The number of nitrogens with zero attached hydrogens (tertiary/aromatic N) is 4. The lowest BCUT2D eigenvalue weighted by Gasteiger charge is -2.36. The van der Waals surface area contributed by atoms with Gasteiger partial charge in [-0.15, -0.1) is 0 Å². The first-order valence-corrected chi connectivity index (χ1v) is 6.02. The quantitative estimate of drug-likeness (QED) is 0.763. The van der Waals surface area contributed by atoms with Gasteiger partial charge in [0.2, 0.25) is 5.91 Å². The smallest absolute Gasteiger partial charge is 0.239 e. The Labute approximate surface area is 106 Å². The average Bonchev–Trinajstić information content (AvgIpc) is 2.75. The van der Waals surface area contributed by atoms with E-state index in [0.29, 0.717) is 17.9 Å². The first-order chi connectivity index (χ1) is 8.58. The van der Waals surface area contributed by atoms with Gasteiger partial charge in [-0.25, -0.2) is 4.63 Å². The van der Waals surface area contributed by atoms with Gasteiger partial charge in [0.05, 0.1) is 6.54 Å². The normalized spacial score (nSPS) is 22.1. The van der Waals surface area contributed by atoms with E-state index in [-0.39, 0.29) is 11.9 Å². The largest absolute Gasteiger partial charge is 0.349 e. The molecule has 0 radical (unpaired) electrons. The zero-order valence-corrected chi connectivity index (χ0v) is 11.0. The lowest BCUT2D eigenvalue weighted by Crippen LogP contribution is -2.56. The molecule has 1 unspecified atom stereocenters. The van der Waals surface area contributed by atoms with E-state index in [4.69, 9.17) is 0 Å². The minimum absolute atomic E-state index is 0.0199. The highest BCUT2D eigenvalue weighted by molar-refractivity contribution is 5.82. The molecule has 2 rings (SSSR count). The molecule has 0 saturated carbocycles. The number of aryl methyl sites for hydroxylation is 1. The molecule has 1 saturated heterocycles. The Hall–Kier alpha value is -1.47. The monoisotopic (exact) mass is 253 g/mol. The van der Waals surface area contributed by atoms with Gasteiger partial charge in [-0.05, 0) is 21.0 Å². The van der Waals surface area contributed by atoms with Crippen LogP contribution in [0.2, 0.25) is 0 Å². The number of piperazine rings is 1. The van der Waals surface area contributed by atoms with E-state index < -0.39 is 0 Å². The van der Waals surface area contributed by atoms with Crippen LogP contribution < -0.4 is 5.32 Å². The fraction of sp³-hybridized carbons (Fsp3) is 0.727. The topological polar surface area (TPSA) is 74.5 Å². The Bertz CT molecular complexity index is 419. The fourth-order valence-electron chi connectivity index (χ4n) is 1.99. The second kappa shape index (κ2) is 5.45. The van der Waals surface area contributed by atoms with Crippen molar-refractivity contribution in [1.82, 2.24) is 25.4 Å². The summed E-state index contributed by atoms with van der Waals surface area (Å²) < 4.78 is 4.59. The van der Waals surface area contributed by atoms with Crippen LogP contribution in [0, 0.1) is 6.92 Å². The molecule has 1 aromatic rings. The summed E-state index contributed by atoms with van der Waals surface area (Å²) >= 11 is 0. The van der Waals surface area contributed by atoms with E-state index in [9.17, 15) is 4.79 Å². The summed E-state index contributed by atoms with van der Waals surface area (Å²) in [4.78, 5) is 16.3. The summed E-state index contributed by atoms with van der Waals surface area (Å²) in [6.07, 6.45) is 0. The molecule has 0 aliphatic carbocycles. The fourth-order valence-corrected chi connectivity index (χ4v) is 1.99. The molecule has 1 aromatic heterocycles. The minimum Gasteiger partial charge on any atom is -0.349 e. The van der Waals surface area contributed by atoms with Gasteiger partial charge < -0.3 is 10.2 Å². The highest BCUT2D eigenvalue weighted by atomic mass is 16.6. The van der Waals surface area contributed by atoms with Crippen molar-refractivity contribution in [3.05, 3.63) is 11.4 Å². The van der Waals surface area contributed by atoms with Crippen LogP contribution in [0.25, 0.3) is 0 Å². The van der Waals surface area contributed by atoms with Crippen molar-refractivity contribution in [1.29, 1.82) is 0 Å². The number of rotatable bonds is 3. The molecule has 0 aromatic carbocycles. The third-order valence-corrected chi connectivity index (χ3v) is 3.33. The maximum atomic E-state index is 12.1. The van der Waals surface area contributed by atoms with Crippen LogP contribution >= 0.6 is 0 Å². The molecule has 100 valence electrons. The van der Waals surface area contributed by atoms with Gasteiger partial charge in [0.15, 0.2) is 0 Å². The molecular weight excluding hydrogens is 234 g/mol. The van der Waals surface area contributed by atoms with E-state index in [0.717, 1.165) is 19.6 Å². The van der Waals surface area contributed by atoms with Gasteiger partial charge in [0, 0.05) is 19.6 Å². The zero-order chi connectivity index (χ0) is 13.1. The molecular formula is C11H19N5O2. The molecule has 0 spiro atoms. The SMILES string of the molecule is Cc1nonc1CNC(=O)C1CN(C)CCN1C. The van der Waals surface area contributed by atoms with Crippen LogP contribution in [0.5, 0.6) is 0 Å². The lowest BCUT2D eigenvalue weighted by atomic mass is 10.1. The van der Waals surface area contributed by atoms with Crippen LogP contribution in [0.4, 0.5) is 0 Å². The van der Waals surface area contributed by atoms with Crippen molar-refractivity contribution < 1.29 is 9.42 Å². The van der Waals surface area contributed by atoms with Crippen LogP contribution in [0.15, 0.2) is 4.63 Å². The van der Waals surface area contributed by atoms with E-state index >= 15 is 0 Å². The third kappa shape index (κ3) is 2.85. The van der Waals surface area contributed by atoms with Crippen molar-refractivity contribution in [2.24, 2.45) is 0 Å². The highest BCUT2D eigenvalue weighted by Gasteiger charge is 2.28. The van der Waals surface area contributed by atoms with Gasteiger partial charge in [-0.1, -0.05) is 10.3 Å². The summed E-state index contributed by atoms with van der Waals surface area (Å²) in [6.45, 7) is 4.81. The molecule has 7 heteroatoms.